The smallest absolute Gasteiger partial charge is 0.306 e. The minimum atomic E-state index is -0.590. The van der Waals surface area contributed by atoms with Crippen LogP contribution < -0.4 is 4.74 Å². The van der Waals surface area contributed by atoms with E-state index in [4.69, 9.17) is 14.2 Å². The van der Waals surface area contributed by atoms with Gasteiger partial charge in [0.1, 0.15) is 18.2 Å². The summed E-state index contributed by atoms with van der Waals surface area (Å²) in [5.41, 5.74) is 2.94. The van der Waals surface area contributed by atoms with E-state index in [9.17, 15) is 9.18 Å². The minimum Gasteiger partial charge on any atom is -0.461 e. The second-order valence-corrected chi connectivity index (χ2v) is 8.93. The van der Waals surface area contributed by atoms with E-state index in [1.54, 1.807) is 11.3 Å². The Labute approximate surface area is 194 Å². The lowest BCUT2D eigenvalue weighted by Gasteiger charge is -2.28. The van der Waals surface area contributed by atoms with Crippen LogP contribution in [-0.4, -0.2) is 11.0 Å². The number of para-hydroxylation sites is 1. The molecule has 0 bridgehead atoms. The summed E-state index contributed by atoms with van der Waals surface area (Å²) in [4.78, 5) is 16.9. The second-order valence-electron chi connectivity index (χ2n) is 7.81. The number of aromatic nitrogens is 1. The van der Waals surface area contributed by atoms with Crippen LogP contribution in [0.4, 0.5) is 4.39 Å². The molecule has 0 spiro atoms. The van der Waals surface area contributed by atoms with Crippen molar-refractivity contribution in [1.82, 2.24) is 4.98 Å². The van der Waals surface area contributed by atoms with Gasteiger partial charge >= 0.3 is 5.97 Å². The van der Waals surface area contributed by atoms with Gasteiger partial charge in [0.15, 0.2) is 0 Å². The van der Waals surface area contributed by atoms with Gasteiger partial charge in [-0.2, -0.15) is 0 Å². The lowest BCUT2D eigenvalue weighted by Crippen LogP contribution is -2.20. The van der Waals surface area contributed by atoms with Crippen LogP contribution in [0.2, 0.25) is 0 Å². The zero-order valence-electron chi connectivity index (χ0n) is 17.8. The molecule has 0 saturated heterocycles. The average molecular weight is 464 g/mol. The highest BCUT2D eigenvalue weighted by Gasteiger charge is 2.25. The van der Waals surface area contributed by atoms with Crippen molar-refractivity contribution in [2.45, 2.75) is 38.8 Å². The van der Waals surface area contributed by atoms with E-state index in [0.717, 1.165) is 20.8 Å². The Balaban J connectivity index is 1.19. The first-order valence-corrected chi connectivity index (χ1v) is 11.6. The molecule has 7 heteroatoms. The highest BCUT2D eigenvalue weighted by molar-refractivity contribution is 7.18. The fourth-order valence-electron chi connectivity index (χ4n) is 3.80. The first-order chi connectivity index (χ1) is 16.2. The Morgan fingerprint density at radius 2 is 1.94 bits per heavy atom. The predicted octanol–water partition coefficient (Wildman–Crippen LogP) is 6.11. The Morgan fingerprint density at radius 3 is 2.79 bits per heavy atom. The summed E-state index contributed by atoms with van der Waals surface area (Å²) in [6, 6.07) is 20.3. The van der Waals surface area contributed by atoms with Crippen LogP contribution in [0.5, 0.6) is 5.75 Å². The summed E-state index contributed by atoms with van der Waals surface area (Å²) >= 11 is 1.64. The van der Waals surface area contributed by atoms with Crippen molar-refractivity contribution in [3.05, 3.63) is 94.2 Å². The SMILES string of the molecule is O=C(CCCc1nc2ccccc2s1)OCc1cc(F)cc2c1O[C@H](c1ccccc1)OC2. The van der Waals surface area contributed by atoms with E-state index in [-0.39, 0.29) is 25.6 Å². The summed E-state index contributed by atoms with van der Waals surface area (Å²) in [6.07, 6.45) is 1.03. The van der Waals surface area contributed by atoms with Crippen molar-refractivity contribution >= 4 is 27.5 Å². The molecule has 2 heterocycles. The number of hydrogen-bond donors (Lipinski definition) is 0. The van der Waals surface area contributed by atoms with Crippen molar-refractivity contribution in [1.29, 1.82) is 0 Å². The Bertz CT molecular complexity index is 1240. The molecule has 0 N–H and O–H groups in total. The van der Waals surface area contributed by atoms with Gasteiger partial charge in [0.25, 0.3) is 0 Å². The van der Waals surface area contributed by atoms with Gasteiger partial charge in [-0.15, -0.1) is 11.3 Å². The molecule has 0 aliphatic carbocycles. The monoisotopic (exact) mass is 463 g/mol. The number of nitrogens with zero attached hydrogens (tertiary/aromatic N) is 1. The first-order valence-electron chi connectivity index (χ1n) is 10.8. The van der Waals surface area contributed by atoms with E-state index in [1.165, 1.54) is 12.1 Å². The van der Waals surface area contributed by atoms with Gasteiger partial charge < -0.3 is 14.2 Å². The van der Waals surface area contributed by atoms with E-state index in [2.05, 4.69) is 4.98 Å². The molecule has 1 aliphatic rings. The number of esters is 1. The van der Waals surface area contributed by atoms with Crippen molar-refractivity contribution in [2.75, 3.05) is 0 Å². The van der Waals surface area contributed by atoms with Gasteiger partial charge in [-0.3, -0.25) is 4.79 Å². The molecule has 1 aliphatic heterocycles. The van der Waals surface area contributed by atoms with Gasteiger partial charge in [-0.1, -0.05) is 42.5 Å². The fourth-order valence-corrected chi connectivity index (χ4v) is 4.81. The maximum atomic E-state index is 14.1. The van der Waals surface area contributed by atoms with Crippen molar-refractivity contribution in [2.24, 2.45) is 0 Å². The quantitative estimate of drug-likeness (QED) is 0.310. The number of carbonyl (C=O) groups is 1. The maximum Gasteiger partial charge on any atom is 0.306 e. The number of aryl methyl sites for hydroxylation is 1. The zero-order chi connectivity index (χ0) is 22.6. The van der Waals surface area contributed by atoms with Crippen LogP contribution in [0.15, 0.2) is 66.7 Å². The van der Waals surface area contributed by atoms with Gasteiger partial charge in [0.2, 0.25) is 6.29 Å². The molecule has 4 aromatic rings. The first kappa shape index (κ1) is 21.6. The van der Waals surface area contributed by atoms with Crippen LogP contribution >= 0.6 is 11.3 Å². The highest BCUT2D eigenvalue weighted by atomic mass is 32.1. The zero-order valence-corrected chi connectivity index (χ0v) is 18.6. The van der Waals surface area contributed by atoms with Crippen molar-refractivity contribution in [3.8, 4) is 5.75 Å². The van der Waals surface area contributed by atoms with E-state index in [0.29, 0.717) is 29.7 Å². The molecule has 1 atom stereocenters. The normalized spacial score (nSPS) is 15.1. The summed E-state index contributed by atoms with van der Waals surface area (Å²) in [5, 5.41) is 1.00. The topological polar surface area (TPSA) is 57.7 Å². The second kappa shape index (κ2) is 9.68. The fraction of sp³-hybridized carbons (Fsp3) is 0.231. The summed E-state index contributed by atoms with van der Waals surface area (Å²) in [5.74, 6) is -0.236. The van der Waals surface area contributed by atoms with E-state index >= 15 is 0 Å². The number of benzene rings is 3. The van der Waals surface area contributed by atoms with Crippen LogP contribution in [0.1, 0.15) is 40.8 Å². The lowest BCUT2D eigenvalue weighted by molar-refractivity contribution is -0.145. The molecular formula is C26H22FNO4S. The Kier molecular flexibility index (Phi) is 6.32. The molecule has 0 unspecified atom stereocenters. The van der Waals surface area contributed by atoms with Crippen LogP contribution in [0, 0.1) is 5.82 Å². The molecule has 5 rings (SSSR count). The van der Waals surface area contributed by atoms with Gasteiger partial charge in [0, 0.05) is 23.1 Å². The molecule has 0 saturated carbocycles. The van der Waals surface area contributed by atoms with Gasteiger partial charge in [0.05, 0.1) is 21.8 Å². The van der Waals surface area contributed by atoms with Gasteiger partial charge in [-0.05, 0) is 37.1 Å². The summed E-state index contributed by atoms with van der Waals surface area (Å²) < 4.78 is 32.5. The van der Waals surface area contributed by atoms with Gasteiger partial charge in [-0.25, -0.2) is 9.37 Å². The molecule has 0 amide bonds. The number of halogens is 1. The van der Waals surface area contributed by atoms with Crippen molar-refractivity contribution in [3.63, 3.8) is 0 Å². The predicted molar refractivity (Wildman–Crippen MR) is 123 cm³/mol. The lowest BCUT2D eigenvalue weighted by atomic mass is 10.1. The number of thiazole rings is 1. The third kappa shape index (κ3) is 5.05. The summed E-state index contributed by atoms with van der Waals surface area (Å²) in [6.45, 7) is 0.164. The average Bonchev–Trinajstić information content (AvgIpc) is 3.25. The number of carbonyl (C=O) groups excluding carboxylic acids is 1. The number of rotatable bonds is 7. The number of fused-ring (bicyclic) bond motifs is 2. The van der Waals surface area contributed by atoms with Crippen molar-refractivity contribution < 1.29 is 23.4 Å². The third-order valence-electron chi connectivity index (χ3n) is 5.39. The third-order valence-corrected chi connectivity index (χ3v) is 6.49. The Hall–Kier alpha value is -3.29. The van der Waals surface area contributed by atoms with E-state index in [1.807, 2.05) is 54.6 Å². The van der Waals surface area contributed by atoms with Crippen LogP contribution in [-0.2, 0) is 33.9 Å². The largest absolute Gasteiger partial charge is 0.461 e. The highest BCUT2D eigenvalue weighted by Crippen LogP contribution is 2.37. The molecule has 5 nitrogen and oxygen atoms in total. The van der Waals surface area contributed by atoms with Crippen LogP contribution in [0.3, 0.4) is 0 Å². The maximum absolute atomic E-state index is 14.1. The molecule has 1 aromatic heterocycles. The molecular weight excluding hydrogens is 441 g/mol. The van der Waals surface area contributed by atoms with E-state index < -0.39 is 12.1 Å². The van der Waals surface area contributed by atoms with Crippen LogP contribution in [0.25, 0.3) is 10.2 Å². The molecule has 33 heavy (non-hydrogen) atoms. The molecule has 3 aromatic carbocycles. The molecule has 0 fully saturated rings. The number of ether oxygens (including phenoxy) is 3. The summed E-state index contributed by atoms with van der Waals surface area (Å²) in [7, 11) is 0. The number of hydrogen-bond acceptors (Lipinski definition) is 6. The molecule has 0 radical (unpaired) electrons. The Morgan fingerprint density at radius 1 is 1.12 bits per heavy atom. The molecule has 168 valence electrons. The minimum absolute atomic E-state index is 0.0540. The standard InChI is InChI=1S/C26H22FNO4S/c27-20-13-18(25-19(14-20)16-31-26(32-25)17-7-2-1-3-8-17)15-30-24(29)12-6-11-23-28-21-9-4-5-10-22(21)33-23/h1-5,7-10,13-14,26H,6,11-12,15-16H2/t26-/m1/s1.